The summed E-state index contributed by atoms with van der Waals surface area (Å²) in [6.07, 6.45) is 3.92. The molecule has 0 spiro atoms. The van der Waals surface area contributed by atoms with Gasteiger partial charge in [0.25, 0.3) is 5.69 Å². The first-order chi connectivity index (χ1) is 9.54. The van der Waals surface area contributed by atoms with E-state index in [4.69, 9.17) is 11.6 Å². The van der Waals surface area contributed by atoms with Gasteiger partial charge in [-0.3, -0.25) is 10.1 Å². The van der Waals surface area contributed by atoms with E-state index in [2.05, 4.69) is 0 Å². The number of rotatable bonds is 5. The standard InChI is InChI=1S/C13H16ClFN2O3/c14-10-7-12(13(17(19)20)8-11(10)15)16(5-6-18)9-3-1-2-4-9/h7-9,18H,1-6H2. The van der Waals surface area contributed by atoms with E-state index in [-0.39, 0.29) is 35.6 Å². The molecule has 1 fully saturated rings. The average molecular weight is 303 g/mol. The van der Waals surface area contributed by atoms with Gasteiger partial charge in [-0.2, -0.15) is 0 Å². The predicted molar refractivity (Wildman–Crippen MR) is 74.8 cm³/mol. The number of benzene rings is 1. The van der Waals surface area contributed by atoms with Gasteiger partial charge in [0.05, 0.1) is 22.6 Å². The van der Waals surface area contributed by atoms with E-state index in [0.29, 0.717) is 0 Å². The fourth-order valence-electron chi connectivity index (χ4n) is 2.73. The van der Waals surface area contributed by atoms with Crippen molar-refractivity contribution >= 4 is 23.0 Å². The van der Waals surface area contributed by atoms with E-state index in [1.807, 2.05) is 0 Å². The van der Waals surface area contributed by atoms with E-state index >= 15 is 0 Å². The maximum Gasteiger partial charge on any atom is 0.295 e. The first-order valence-electron chi connectivity index (χ1n) is 6.55. The number of aliphatic hydroxyl groups excluding tert-OH is 1. The third-order valence-electron chi connectivity index (χ3n) is 3.63. The average Bonchev–Trinajstić information content (AvgIpc) is 2.92. The second-order valence-corrected chi connectivity index (χ2v) is 5.27. The van der Waals surface area contributed by atoms with Gasteiger partial charge in [-0.15, -0.1) is 0 Å². The van der Waals surface area contributed by atoms with Crippen molar-refractivity contribution < 1.29 is 14.4 Å². The van der Waals surface area contributed by atoms with Crippen LogP contribution in [0.3, 0.4) is 0 Å². The fraction of sp³-hybridized carbons (Fsp3) is 0.538. The molecule has 1 N–H and O–H groups in total. The Morgan fingerprint density at radius 3 is 2.65 bits per heavy atom. The zero-order chi connectivity index (χ0) is 14.7. The quantitative estimate of drug-likeness (QED) is 0.670. The van der Waals surface area contributed by atoms with E-state index in [1.165, 1.54) is 6.07 Å². The molecule has 110 valence electrons. The number of nitro benzene ring substituents is 1. The van der Waals surface area contributed by atoms with Gasteiger partial charge in [-0.1, -0.05) is 24.4 Å². The first kappa shape index (κ1) is 15.0. The van der Waals surface area contributed by atoms with E-state index < -0.39 is 10.7 Å². The molecule has 1 saturated carbocycles. The van der Waals surface area contributed by atoms with Gasteiger partial charge in [-0.05, 0) is 18.9 Å². The zero-order valence-electron chi connectivity index (χ0n) is 10.9. The molecule has 1 aliphatic carbocycles. The molecule has 1 aromatic rings. The summed E-state index contributed by atoms with van der Waals surface area (Å²) >= 11 is 5.75. The largest absolute Gasteiger partial charge is 0.395 e. The molecule has 0 bridgehead atoms. The minimum absolute atomic E-state index is 0.122. The third kappa shape index (κ3) is 3.02. The van der Waals surface area contributed by atoms with Gasteiger partial charge in [0.2, 0.25) is 0 Å². The number of halogens is 2. The summed E-state index contributed by atoms with van der Waals surface area (Å²) in [6, 6.07) is 2.25. The number of nitro groups is 1. The molecule has 0 unspecified atom stereocenters. The van der Waals surface area contributed by atoms with Gasteiger partial charge >= 0.3 is 0 Å². The molecule has 0 amide bonds. The van der Waals surface area contributed by atoms with Crippen molar-refractivity contribution in [2.45, 2.75) is 31.7 Å². The second kappa shape index (κ2) is 6.37. The van der Waals surface area contributed by atoms with Gasteiger partial charge in [0, 0.05) is 12.6 Å². The molecule has 1 aliphatic rings. The highest BCUT2D eigenvalue weighted by atomic mass is 35.5. The number of nitrogens with zero attached hydrogens (tertiary/aromatic N) is 2. The molecule has 0 radical (unpaired) electrons. The van der Waals surface area contributed by atoms with Gasteiger partial charge in [0.15, 0.2) is 0 Å². The Morgan fingerprint density at radius 1 is 1.45 bits per heavy atom. The molecule has 0 atom stereocenters. The first-order valence-corrected chi connectivity index (χ1v) is 6.93. The monoisotopic (exact) mass is 302 g/mol. The lowest BCUT2D eigenvalue weighted by Crippen LogP contribution is -2.36. The smallest absolute Gasteiger partial charge is 0.295 e. The highest BCUT2D eigenvalue weighted by Crippen LogP contribution is 2.37. The van der Waals surface area contributed by atoms with Crippen LogP contribution in [0.2, 0.25) is 5.02 Å². The van der Waals surface area contributed by atoms with Crippen LogP contribution in [0.15, 0.2) is 12.1 Å². The molecular weight excluding hydrogens is 287 g/mol. The molecule has 0 saturated heterocycles. The molecule has 5 nitrogen and oxygen atoms in total. The van der Waals surface area contributed by atoms with E-state index in [9.17, 15) is 19.6 Å². The Hall–Kier alpha value is -1.40. The van der Waals surface area contributed by atoms with Crippen molar-refractivity contribution in [3.05, 3.63) is 33.1 Å². The summed E-state index contributed by atoms with van der Waals surface area (Å²) in [4.78, 5) is 12.3. The Kier molecular flexibility index (Phi) is 4.77. The maximum atomic E-state index is 13.4. The summed E-state index contributed by atoms with van der Waals surface area (Å²) < 4.78 is 13.4. The van der Waals surface area contributed by atoms with Crippen molar-refractivity contribution in [3.63, 3.8) is 0 Å². The van der Waals surface area contributed by atoms with Crippen LogP contribution in [0.25, 0.3) is 0 Å². The third-order valence-corrected chi connectivity index (χ3v) is 3.92. The normalized spacial score (nSPS) is 15.6. The topological polar surface area (TPSA) is 66.6 Å². The van der Waals surface area contributed by atoms with Crippen LogP contribution in [0.4, 0.5) is 15.8 Å². The molecule has 0 aliphatic heterocycles. The minimum Gasteiger partial charge on any atom is -0.395 e. The van der Waals surface area contributed by atoms with Crippen molar-refractivity contribution in [1.82, 2.24) is 0 Å². The molecule has 20 heavy (non-hydrogen) atoms. The number of hydrogen-bond acceptors (Lipinski definition) is 4. The Bertz CT molecular complexity index is 507. The Balaban J connectivity index is 2.45. The van der Waals surface area contributed by atoms with Crippen LogP contribution >= 0.6 is 11.6 Å². The minimum atomic E-state index is -0.808. The van der Waals surface area contributed by atoms with Gasteiger partial charge in [0.1, 0.15) is 11.5 Å². The molecule has 2 rings (SSSR count). The van der Waals surface area contributed by atoms with Crippen LogP contribution in [0, 0.1) is 15.9 Å². The molecule has 1 aromatic carbocycles. The highest BCUT2D eigenvalue weighted by Gasteiger charge is 2.29. The van der Waals surface area contributed by atoms with Crippen molar-refractivity contribution in [2.24, 2.45) is 0 Å². The Labute approximate surface area is 121 Å². The summed E-state index contributed by atoms with van der Waals surface area (Å²) in [7, 11) is 0. The van der Waals surface area contributed by atoms with Crippen LogP contribution in [0.1, 0.15) is 25.7 Å². The summed E-state index contributed by atoms with van der Waals surface area (Å²) in [6.45, 7) is 0.149. The second-order valence-electron chi connectivity index (χ2n) is 4.87. The Morgan fingerprint density at radius 2 is 2.10 bits per heavy atom. The lowest BCUT2D eigenvalue weighted by Gasteiger charge is -2.30. The zero-order valence-corrected chi connectivity index (χ0v) is 11.6. The van der Waals surface area contributed by atoms with Gasteiger partial charge < -0.3 is 10.0 Å². The lowest BCUT2D eigenvalue weighted by atomic mass is 10.1. The predicted octanol–water partition coefficient (Wildman–Crippen LogP) is 3.13. The number of aliphatic hydroxyl groups is 1. The van der Waals surface area contributed by atoms with Crippen LogP contribution in [-0.4, -0.2) is 29.2 Å². The molecule has 0 aromatic heterocycles. The summed E-state index contributed by atoms with van der Waals surface area (Å²) in [5.41, 5.74) is -0.0328. The van der Waals surface area contributed by atoms with Crippen LogP contribution in [0.5, 0.6) is 0 Å². The number of hydrogen-bond donors (Lipinski definition) is 1. The van der Waals surface area contributed by atoms with Crippen molar-refractivity contribution in [3.8, 4) is 0 Å². The summed E-state index contributed by atoms with van der Waals surface area (Å²) in [5, 5.41) is 20.2. The number of anilines is 1. The van der Waals surface area contributed by atoms with Crippen LogP contribution < -0.4 is 4.90 Å². The van der Waals surface area contributed by atoms with Crippen LogP contribution in [-0.2, 0) is 0 Å². The SMILES string of the molecule is O=[N+]([O-])c1cc(F)c(Cl)cc1N(CCO)C1CCCC1. The molecule has 0 heterocycles. The highest BCUT2D eigenvalue weighted by molar-refractivity contribution is 6.31. The lowest BCUT2D eigenvalue weighted by molar-refractivity contribution is -0.384. The van der Waals surface area contributed by atoms with Crippen molar-refractivity contribution in [1.29, 1.82) is 0 Å². The maximum absolute atomic E-state index is 13.4. The summed E-state index contributed by atoms with van der Waals surface area (Å²) in [5.74, 6) is -0.808. The molecule has 7 heteroatoms. The van der Waals surface area contributed by atoms with Gasteiger partial charge in [-0.25, -0.2) is 4.39 Å². The fourth-order valence-corrected chi connectivity index (χ4v) is 2.88. The van der Waals surface area contributed by atoms with E-state index in [0.717, 1.165) is 31.7 Å². The van der Waals surface area contributed by atoms with Crippen molar-refractivity contribution in [2.75, 3.05) is 18.1 Å². The molecular formula is C13H16ClFN2O3. The van der Waals surface area contributed by atoms with E-state index in [1.54, 1.807) is 4.90 Å².